The molecule has 1 saturated heterocycles. The average Bonchev–Trinajstić information content (AvgIpc) is 2.19. The first-order chi connectivity index (χ1) is 3.93. The van der Waals surface area contributed by atoms with Crippen molar-refractivity contribution in [2.75, 3.05) is 12.4 Å². The van der Waals surface area contributed by atoms with Crippen LogP contribution in [0, 0.1) is 11.3 Å². The van der Waals surface area contributed by atoms with Crippen molar-refractivity contribution < 1.29 is 4.74 Å². The third-order valence-corrected chi connectivity index (χ3v) is 2.03. The number of nitrogens with zero attached hydrogens (tertiary/aromatic N) is 1. The predicted molar refractivity (Wildman–Crippen MR) is 32.4 cm³/mol. The Morgan fingerprint density at radius 3 is 3.25 bits per heavy atom. The molecular weight excluding hydrogens is 122 g/mol. The van der Waals surface area contributed by atoms with Gasteiger partial charge in [0.2, 0.25) is 0 Å². The van der Waals surface area contributed by atoms with Crippen molar-refractivity contribution in [1.29, 1.82) is 5.26 Å². The zero-order valence-corrected chi connectivity index (χ0v) is 5.28. The van der Waals surface area contributed by atoms with E-state index in [2.05, 4.69) is 6.07 Å². The Balaban J connectivity index is 2.17. The molecule has 1 unspecified atom stereocenters. The van der Waals surface area contributed by atoms with Crippen molar-refractivity contribution in [2.45, 2.75) is 11.9 Å². The van der Waals surface area contributed by atoms with Crippen LogP contribution in [0.4, 0.5) is 0 Å². The minimum atomic E-state index is 0.167. The topological polar surface area (TPSA) is 33.0 Å². The Morgan fingerprint density at radius 1 is 1.88 bits per heavy atom. The zero-order chi connectivity index (χ0) is 5.82. The van der Waals surface area contributed by atoms with Crippen molar-refractivity contribution in [3.8, 4) is 6.07 Å². The second-order valence-corrected chi connectivity index (χ2v) is 2.80. The van der Waals surface area contributed by atoms with Crippen molar-refractivity contribution in [2.24, 2.45) is 0 Å². The lowest BCUT2D eigenvalue weighted by Gasteiger charge is -1.98. The van der Waals surface area contributed by atoms with Gasteiger partial charge >= 0.3 is 0 Å². The normalized spacial score (nSPS) is 27.6. The molecule has 1 heterocycles. The standard InChI is InChI=1S/C5H7NOS/c6-2-1-5-7-3-4-8-5/h5H,1,3-4H2. The first-order valence-electron chi connectivity index (χ1n) is 2.53. The number of rotatable bonds is 1. The number of thioether (sulfide) groups is 1. The highest BCUT2D eigenvalue weighted by Gasteiger charge is 2.14. The summed E-state index contributed by atoms with van der Waals surface area (Å²) in [4.78, 5) is 0. The molecule has 0 amide bonds. The van der Waals surface area contributed by atoms with Crippen LogP contribution in [0.5, 0.6) is 0 Å². The maximum absolute atomic E-state index is 8.18. The van der Waals surface area contributed by atoms with Gasteiger partial charge in [-0.05, 0) is 0 Å². The highest BCUT2D eigenvalue weighted by Crippen LogP contribution is 2.21. The van der Waals surface area contributed by atoms with Gasteiger partial charge in [-0.15, -0.1) is 11.8 Å². The van der Waals surface area contributed by atoms with Crippen molar-refractivity contribution >= 4 is 11.8 Å². The van der Waals surface area contributed by atoms with E-state index in [1.807, 2.05) is 0 Å². The summed E-state index contributed by atoms with van der Waals surface area (Å²) in [5.41, 5.74) is 0.167. The number of hydrogen-bond donors (Lipinski definition) is 0. The minimum absolute atomic E-state index is 0.167. The Hall–Kier alpha value is -0.200. The molecule has 1 fully saturated rings. The summed E-state index contributed by atoms with van der Waals surface area (Å²) in [6.45, 7) is 0.816. The second kappa shape index (κ2) is 2.95. The molecule has 0 aromatic rings. The van der Waals surface area contributed by atoms with Gasteiger partial charge in [0, 0.05) is 5.75 Å². The summed E-state index contributed by atoms with van der Waals surface area (Å²) in [6.07, 6.45) is 0.532. The van der Waals surface area contributed by atoms with E-state index in [-0.39, 0.29) is 5.44 Å². The monoisotopic (exact) mass is 129 g/mol. The van der Waals surface area contributed by atoms with E-state index in [0.717, 1.165) is 12.4 Å². The van der Waals surface area contributed by atoms with Gasteiger partial charge in [-0.3, -0.25) is 0 Å². The molecule has 1 atom stereocenters. The van der Waals surface area contributed by atoms with Crippen LogP contribution in [-0.2, 0) is 4.74 Å². The van der Waals surface area contributed by atoms with Gasteiger partial charge in [0.15, 0.2) is 0 Å². The Bertz CT molecular complexity index is 103. The largest absolute Gasteiger partial charge is 0.366 e. The van der Waals surface area contributed by atoms with Crippen molar-refractivity contribution in [3.63, 3.8) is 0 Å². The first kappa shape index (κ1) is 5.93. The predicted octanol–water partition coefficient (Wildman–Crippen LogP) is 0.990. The second-order valence-electron chi connectivity index (χ2n) is 1.53. The smallest absolute Gasteiger partial charge is 0.116 e. The van der Waals surface area contributed by atoms with Crippen LogP contribution in [0.1, 0.15) is 6.42 Å². The summed E-state index contributed by atoms with van der Waals surface area (Å²) in [7, 11) is 0. The van der Waals surface area contributed by atoms with Gasteiger partial charge in [0.1, 0.15) is 5.44 Å². The molecule has 0 saturated carbocycles. The molecule has 0 spiro atoms. The van der Waals surface area contributed by atoms with Crippen LogP contribution in [0.25, 0.3) is 0 Å². The molecule has 0 bridgehead atoms. The maximum Gasteiger partial charge on any atom is 0.116 e. The molecule has 2 nitrogen and oxygen atoms in total. The van der Waals surface area contributed by atoms with E-state index in [4.69, 9.17) is 10.00 Å². The van der Waals surface area contributed by atoms with E-state index in [1.165, 1.54) is 0 Å². The van der Waals surface area contributed by atoms with Crippen LogP contribution in [0.3, 0.4) is 0 Å². The first-order valence-corrected chi connectivity index (χ1v) is 3.58. The molecule has 0 N–H and O–H groups in total. The average molecular weight is 129 g/mol. The van der Waals surface area contributed by atoms with Gasteiger partial charge in [-0.2, -0.15) is 5.26 Å². The van der Waals surface area contributed by atoms with E-state index < -0.39 is 0 Å². The molecule has 0 aromatic heterocycles. The fourth-order valence-electron chi connectivity index (χ4n) is 0.600. The Morgan fingerprint density at radius 2 is 2.75 bits per heavy atom. The van der Waals surface area contributed by atoms with Crippen LogP contribution < -0.4 is 0 Å². The molecule has 1 aliphatic rings. The maximum atomic E-state index is 8.18. The summed E-state index contributed by atoms with van der Waals surface area (Å²) in [5.74, 6) is 1.05. The highest BCUT2D eigenvalue weighted by molar-refractivity contribution is 7.99. The minimum Gasteiger partial charge on any atom is -0.366 e. The summed E-state index contributed by atoms with van der Waals surface area (Å²) >= 11 is 1.72. The van der Waals surface area contributed by atoms with Gasteiger partial charge < -0.3 is 4.74 Å². The van der Waals surface area contributed by atoms with Gasteiger partial charge in [0.25, 0.3) is 0 Å². The van der Waals surface area contributed by atoms with E-state index in [1.54, 1.807) is 11.8 Å². The van der Waals surface area contributed by atoms with Crippen LogP contribution >= 0.6 is 11.8 Å². The molecule has 3 heteroatoms. The lowest BCUT2D eigenvalue weighted by molar-refractivity contribution is 0.146. The fourth-order valence-corrected chi connectivity index (χ4v) is 1.44. The van der Waals surface area contributed by atoms with E-state index in [9.17, 15) is 0 Å². The molecule has 0 aromatic carbocycles. The Labute approximate surface area is 52.8 Å². The molecule has 1 aliphatic heterocycles. The Kier molecular flexibility index (Phi) is 2.19. The molecular formula is C5H7NOS. The van der Waals surface area contributed by atoms with Crippen molar-refractivity contribution in [1.82, 2.24) is 0 Å². The molecule has 0 aliphatic carbocycles. The van der Waals surface area contributed by atoms with Crippen molar-refractivity contribution in [3.05, 3.63) is 0 Å². The number of nitriles is 1. The quantitative estimate of drug-likeness (QED) is 0.529. The fraction of sp³-hybridized carbons (Fsp3) is 0.800. The van der Waals surface area contributed by atoms with Crippen LogP contribution in [-0.4, -0.2) is 17.8 Å². The van der Waals surface area contributed by atoms with E-state index in [0.29, 0.717) is 6.42 Å². The third kappa shape index (κ3) is 1.39. The summed E-state index contributed by atoms with van der Waals surface area (Å²) < 4.78 is 5.13. The number of hydrogen-bond acceptors (Lipinski definition) is 3. The van der Waals surface area contributed by atoms with Crippen LogP contribution in [0.15, 0.2) is 0 Å². The number of ether oxygens (including phenoxy) is 1. The SMILES string of the molecule is N#CCC1OCCS1. The lowest BCUT2D eigenvalue weighted by atomic mass is 10.5. The summed E-state index contributed by atoms with van der Waals surface area (Å²) in [5, 5.41) is 8.18. The molecule has 1 rings (SSSR count). The molecule has 8 heavy (non-hydrogen) atoms. The third-order valence-electron chi connectivity index (χ3n) is 0.949. The highest BCUT2D eigenvalue weighted by atomic mass is 32.2. The lowest BCUT2D eigenvalue weighted by Crippen LogP contribution is -1.97. The molecule has 0 radical (unpaired) electrons. The van der Waals surface area contributed by atoms with E-state index >= 15 is 0 Å². The molecule has 44 valence electrons. The van der Waals surface area contributed by atoms with Gasteiger partial charge in [-0.25, -0.2) is 0 Å². The zero-order valence-electron chi connectivity index (χ0n) is 4.46. The van der Waals surface area contributed by atoms with Crippen LogP contribution in [0.2, 0.25) is 0 Å². The van der Waals surface area contributed by atoms with Gasteiger partial charge in [-0.1, -0.05) is 0 Å². The summed E-state index contributed by atoms with van der Waals surface area (Å²) in [6, 6.07) is 2.06. The van der Waals surface area contributed by atoms with Gasteiger partial charge in [0.05, 0.1) is 19.1 Å².